The Labute approximate surface area is 274 Å². The van der Waals surface area contributed by atoms with Gasteiger partial charge in [-0.1, -0.05) is 170 Å². The maximum Gasteiger partial charge on any atom is 0.160 e. The zero-order valence-electron chi connectivity index (χ0n) is 25.7. The van der Waals surface area contributed by atoms with Gasteiger partial charge in [0.05, 0.1) is 16.8 Å². The van der Waals surface area contributed by atoms with Crippen molar-refractivity contribution in [2.45, 2.75) is 5.41 Å². The predicted octanol–water partition coefficient (Wildman–Crippen LogP) is 11.0. The van der Waals surface area contributed by atoms with E-state index in [4.69, 9.17) is 9.97 Å². The second-order valence-electron chi connectivity index (χ2n) is 12.2. The minimum Gasteiger partial charge on any atom is -0.228 e. The van der Waals surface area contributed by atoms with E-state index in [0.29, 0.717) is 0 Å². The summed E-state index contributed by atoms with van der Waals surface area (Å²) in [5.74, 6) is 0.720. The Morgan fingerprint density at radius 3 is 1.47 bits per heavy atom. The molecule has 2 nitrogen and oxygen atoms in total. The lowest BCUT2D eigenvalue weighted by molar-refractivity contribution is 0.770. The maximum absolute atomic E-state index is 5.10. The molecule has 9 rings (SSSR count). The van der Waals surface area contributed by atoms with Crippen molar-refractivity contribution in [1.82, 2.24) is 9.97 Å². The van der Waals surface area contributed by atoms with Crippen molar-refractivity contribution in [3.05, 3.63) is 204 Å². The normalized spacial score (nSPS) is 12.9. The zero-order valence-corrected chi connectivity index (χ0v) is 25.7. The molecule has 0 unspecified atom stereocenters. The number of hydrogen-bond donors (Lipinski definition) is 0. The van der Waals surface area contributed by atoms with E-state index in [1.54, 1.807) is 0 Å². The maximum atomic E-state index is 5.10. The molecule has 8 aromatic rings. The Balaban J connectivity index is 1.25. The van der Waals surface area contributed by atoms with Crippen LogP contribution in [0, 0.1) is 0 Å². The molecule has 0 saturated carbocycles. The molecular formula is C45H30N2. The number of benzene rings is 7. The molecule has 1 aliphatic carbocycles. The van der Waals surface area contributed by atoms with Crippen LogP contribution in [-0.4, -0.2) is 9.97 Å². The van der Waals surface area contributed by atoms with Crippen molar-refractivity contribution < 1.29 is 0 Å². The molecule has 0 bridgehead atoms. The van der Waals surface area contributed by atoms with Gasteiger partial charge in [0.2, 0.25) is 0 Å². The first-order valence-electron chi connectivity index (χ1n) is 16.1. The van der Waals surface area contributed by atoms with Crippen LogP contribution in [0.15, 0.2) is 182 Å². The van der Waals surface area contributed by atoms with Gasteiger partial charge in [-0.15, -0.1) is 0 Å². The van der Waals surface area contributed by atoms with Gasteiger partial charge in [0, 0.05) is 16.7 Å². The average molecular weight is 599 g/mol. The van der Waals surface area contributed by atoms with Crippen molar-refractivity contribution >= 4 is 10.8 Å². The summed E-state index contributed by atoms with van der Waals surface area (Å²) in [6.45, 7) is 0. The lowest BCUT2D eigenvalue weighted by atomic mass is 9.67. The van der Waals surface area contributed by atoms with Gasteiger partial charge < -0.3 is 0 Å². The Morgan fingerprint density at radius 1 is 0.340 bits per heavy atom. The summed E-state index contributed by atoms with van der Waals surface area (Å²) >= 11 is 0. The third kappa shape index (κ3) is 4.41. The molecule has 47 heavy (non-hydrogen) atoms. The van der Waals surface area contributed by atoms with Crippen molar-refractivity contribution in [3.8, 4) is 45.0 Å². The van der Waals surface area contributed by atoms with Crippen LogP contribution in [0.1, 0.15) is 22.3 Å². The third-order valence-corrected chi connectivity index (χ3v) is 9.58. The molecule has 0 fully saturated rings. The highest BCUT2D eigenvalue weighted by atomic mass is 14.9. The summed E-state index contributed by atoms with van der Waals surface area (Å²) in [7, 11) is 0. The molecule has 1 aromatic heterocycles. The molecule has 0 amide bonds. The highest BCUT2D eigenvalue weighted by molar-refractivity contribution is 5.89. The smallest absolute Gasteiger partial charge is 0.160 e. The van der Waals surface area contributed by atoms with Gasteiger partial charge >= 0.3 is 0 Å². The fourth-order valence-corrected chi connectivity index (χ4v) is 7.41. The van der Waals surface area contributed by atoms with Crippen LogP contribution in [0.5, 0.6) is 0 Å². The fourth-order valence-electron chi connectivity index (χ4n) is 7.41. The van der Waals surface area contributed by atoms with Crippen LogP contribution in [0.25, 0.3) is 55.8 Å². The van der Waals surface area contributed by atoms with Crippen molar-refractivity contribution in [1.29, 1.82) is 0 Å². The topological polar surface area (TPSA) is 25.8 Å². The van der Waals surface area contributed by atoms with E-state index in [0.717, 1.165) is 33.9 Å². The lowest BCUT2D eigenvalue weighted by Crippen LogP contribution is -2.28. The molecule has 2 heteroatoms. The second kappa shape index (κ2) is 11.0. The van der Waals surface area contributed by atoms with Crippen molar-refractivity contribution in [2.75, 3.05) is 0 Å². The number of nitrogens with zero attached hydrogens (tertiary/aromatic N) is 2. The first-order chi connectivity index (χ1) is 23.3. The van der Waals surface area contributed by atoms with E-state index in [1.165, 1.54) is 44.2 Å². The molecule has 0 spiro atoms. The molecule has 0 saturated heterocycles. The van der Waals surface area contributed by atoms with E-state index in [-0.39, 0.29) is 0 Å². The minimum atomic E-state index is -0.466. The Morgan fingerprint density at radius 2 is 0.830 bits per heavy atom. The molecular weight excluding hydrogens is 569 g/mol. The van der Waals surface area contributed by atoms with Crippen molar-refractivity contribution in [3.63, 3.8) is 0 Å². The monoisotopic (exact) mass is 598 g/mol. The van der Waals surface area contributed by atoms with Crippen molar-refractivity contribution in [2.24, 2.45) is 0 Å². The average Bonchev–Trinajstić information content (AvgIpc) is 3.46. The lowest BCUT2D eigenvalue weighted by Gasteiger charge is -2.34. The number of hydrogen-bond acceptors (Lipinski definition) is 2. The highest BCUT2D eigenvalue weighted by Gasteiger charge is 2.45. The molecule has 0 atom stereocenters. The first-order valence-corrected chi connectivity index (χ1v) is 16.1. The van der Waals surface area contributed by atoms with Crippen LogP contribution < -0.4 is 0 Å². The molecule has 220 valence electrons. The summed E-state index contributed by atoms with van der Waals surface area (Å²) in [5.41, 5.74) is 12.2. The molecule has 0 radical (unpaired) electrons. The van der Waals surface area contributed by atoms with Gasteiger partial charge in [-0.25, -0.2) is 9.97 Å². The molecule has 1 heterocycles. The van der Waals surface area contributed by atoms with E-state index in [1.807, 2.05) is 24.3 Å². The summed E-state index contributed by atoms with van der Waals surface area (Å²) in [6, 6.07) is 65.1. The number of aromatic nitrogens is 2. The number of fused-ring (bicyclic) bond motifs is 4. The van der Waals surface area contributed by atoms with Crippen LogP contribution in [0.3, 0.4) is 0 Å². The van der Waals surface area contributed by atoms with Crippen LogP contribution in [-0.2, 0) is 5.41 Å². The Hall–Kier alpha value is -6.12. The summed E-state index contributed by atoms with van der Waals surface area (Å²) in [4.78, 5) is 10.1. The van der Waals surface area contributed by atoms with E-state index < -0.39 is 5.41 Å². The molecule has 0 N–H and O–H groups in total. The molecule has 0 aliphatic heterocycles. The van der Waals surface area contributed by atoms with Crippen LogP contribution in [0.2, 0.25) is 0 Å². The Kier molecular flexibility index (Phi) is 6.39. The highest BCUT2D eigenvalue weighted by Crippen LogP contribution is 2.56. The zero-order chi connectivity index (χ0) is 31.2. The molecule has 7 aromatic carbocycles. The van der Waals surface area contributed by atoms with E-state index in [9.17, 15) is 0 Å². The van der Waals surface area contributed by atoms with Gasteiger partial charge in [-0.3, -0.25) is 0 Å². The largest absolute Gasteiger partial charge is 0.228 e. The SMILES string of the molecule is c1ccc(-c2cc(-c3ccc(C4(c5ccc6ccccc6c5)c5ccccc5-c5ccccc54)cc3)nc(-c3ccccc3)n2)cc1. The number of rotatable bonds is 5. The third-order valence-electron chi connectivity index (χ3n) is 9.58. The van der Waals surface area contributed by atoms with Crippen LogP contribution in [0.4, 0.5) is 0 Å². The van der Waals surface area contributed by atoms with E-state index >= 15 is 0 Å². The quantitative estimate of drug-likeness (QED) is 0.197. The first kappa shape index (κ1) is 27.2. The predicted molar refractivity (Wildman–Crippen MR) is 193 cm³/mol. The van der Waals surface area contributed by atoms with Crippen LogP contribution >= 0.6 is 0 Å². The summed E-state index contributed by atoms with van der Waals surface area (Å²) in [5, 5.41) is 2.49. The second-order valence-corrected chi connectivity index (χ2v) is 12.2. The molecule has 1 aliphatic rings. The summed E-state index contributed by atoms with van der Waals surface area (Å²) in [6.07, 6.45) is 0. The fraction of sp³-hybridized carbons (Fsp3) is 0.0222. The van der Waals surface area contributed by atoms with Gasteiger partial charge in [0.15, 0.2) is 5.82 Å². The van der Waals surface area contributed by atoms with Gasteiger partial charge in [0.25, 0.3) is 0 Å². The van der Waals surface area contributed by atoms with E-state index in [2.05, 4.69) is 158 Å². The van der Waals surface area contributed by atoms with Gasteiger partial charge in [0.1, 0.15) is 0 Å². The van der Waals surface area contributed by atoms with Gasteiger partial charge in [-0.2, -0.15) is 0 Å². The summed E-state index contributed by atoms with van der Waals surface area (Å²) < 4.78 is 0. The minimum absolute atomic E-state index is 0.466. The van der Waals surface area contributed by atoms with Gasteiger partial charge in [-0.05, 0) is 56.3 Å². The standard InChI is InChI=1S/C45H30N2/c1-3-14-32(15-4-1)42-30-43(47-44(46-42)34-16-5-2-6-17-34)33-24-26-36(27-25-33)45(37-28-23-31-13-7-8-18-35(31)29-37)40-21-11-9-19-38(40)39-20-10-12-22-41(39)45/h1-30H. The Bertz CT molecular complexity index is 2290.